The van der Waals surface area contributed by atoms with Crippen molar-refractivity contribution in [1.82, 2.24) is 4.90 Å². The summed E-state index contributed by atoms with van der Waals surface area (Å²) in [4.78, 5) is 14.3. The zero-order valence-corrected chi connectivity index (χ0v) is 17.7. The van der Waals surface area contributed by atoms with Crippen molar-refractivity contribution < 1.29 is 17.9 Å². The Labute approximate surface area is 173 Å². The third-order valence-corrected chi connectivity index (χ3v) is 7.50. The predicted molar refractivity (Wildman–Crippen MR) is 113 cm³/mol. The molecule has 1 fully saturated rings. The Hall–Kier alpha value is -2.34. The molecule has 0 radical (unpaired) electrons. The van der Waals surface area contributed by atoms with Crippen molar-refractivity contribution in [2.24, 2.45) is 0 Å². The molecule has 3 rings (SSSR count). The highest BCUT2D eigenvalue weighted by atomic mass is 32.2. The van der Waals surface area contributed by atoms with E-state index in [0.29, 0.717) is 6.42 Å². The summed E-state index contributed by atoms with van der Waals surface area (Å²) in [5.74, 6) is 0. The molecule has 2 aromatic carbocycles. The fourth-order valence-electron chi connectivity index (χ4n) is 3.82. The molecule has 1 amide bonds. The molecule has 0 N–H and O–H groups in total. The Morgan fingerprint density at radius 3 is 2.24 bits per heavy atom. The van der Waals surface area contributed by atoms with Crippen molar-refractivity contribution in [1.29, 1.82) is 0 Å². The van der Waals surface area contributed by atoms with Gasteiger partial charge in [0.1, 0.15) is 12.0 Å². The summed E-state index contributed by atoms with van der Waals surface area (Å²) in [6.07, 6.45) is 4.88. The highest BCUT2D eigenvalue weighted by Gasteiger charge is 2.44. The molecule has 2 atom stereocenters. The number of cyclic esters (lactones) is 1. The van der Waals surface area contributed by atoms with E-state index in [1.807, 2.05) is 30.3 Å². The molecule has 6 heteroatoms. The molecular weight excluding hydrogens is 386 g/mol. The largest absolute Gasteiger partial charge is 0.447 e. The molecule has 0 bridgehead atoms. The molecule has 0 saturated carbocycles. The minimum Gasteiger partial charge on any atom is -0.447 e. The van der Waals surface area contributed by atoms with Gasteiger partial charge in [0, 0.05) is 0 Å². The molecule has 0 aliphatic carbocycles. The lowest BCUT2D eigenvalue weighted by Gasteiger charge is -2.30. The summed E-state index contributed by atoms with van der Waals surface area (Å²) in [7, 11) is -3.73. The second-order valence-corrected chi connectivity index (χ2v) is 9.53. The van der Waals surface area contributed by atoms with Crippen LogP contribution in [-0.2, 0) is 14.6 Å². The van der Waals surface area contributed by atoms with Gasteiger partial charge in [-0.2, -0.15) is 0 Å². The van der Waals surface area contributed by atoms with E-state index < -0.39 is 27.3 Å². The maximum absolute atomic E-state index is 13.5. The molecule has 1 aliphatic heterocycles. The van der Waals surface area contributed by atoms with Gasteiger partial charge in [-0.05, 0) is 24.1 Å². The molecule has 29 heavy (non-hydrogen) atoms. The Kier molecular flexibility index (Phi) is 7.31. The predicted octanol–water partition coefficient (Wildman–Crippen LogP) is 5.34. The fraction of sp³-hybridized carbons (Fsp3) is 0.435. The van der Waals surface area contributed by atoms with Gasteiger partial charge >= 0.3 is 6.09 Å². The van der Waals surface area contributed by atoms with Gasteiger partial charge in [0.05, 0.1) is 10.9 Å². The van der Waals surface area contributed by atoms with Gasteiger partial charge in [-0.3, -0.25) is 4.90 Å². The number of nitrogens with zero attached hydrogens (tertiary/aromatic N) is 1. The van der Waals surface area contributed by atoms with E-state index in [-0.39, 0.29) is 11.5 Å². The second kappa shape index (κ2) is 9.92. The standard InChI is InChI=1S/C23H29NO4S/c1-2-3-4-5-12-17-22(29(26,27)20-15-10-7-11-16-20)24-21(18-28-23(24)25)19-13-8-6-9-14-19/h6-11,13-16,21-22H,2-5,12,17-18H2,1H3/t21-,22-/m0/s1. The number of hydrogen-bond acceptors (Lipinski definition) is 4. The number of ether oxygens (including phenoxy) is 1. The number of rotatable bonds is 10. The molecule has 0 unspecified atom stereocenters. The van der Waals surface area contributed by atoms with E-state index in [9.17, 15) is 13.2 Å². The van der Waals surface area contributed by atoms with Gasteiger partial charge in [-0.25, -0.2) is 13.2 Å². The first-order valence-corrected chi connectivity index (χ1v) is 11.9. The van der Waals surface area contributed by atoms with Crippen molar-refractivity contribution in [2.45, 2.75) is 61.8 Å². The van der Waals surface area contributed by atoms with Crippen LogP contribution in [0.4, 0.5) is 4.79 Å². The number of amides is 1. The second-order valence-electron chi connectivity index (χ2n) is 7.43. The van der Waals surface area contributed by atoms with E-state index in [4.69, 9.17) is 4.74 Å². The van der Waals surface area contributed by atoms with E-state index in [2.05, 4.69) is 6.92 Å². The number of sulfone groups is 1. The van der Waals surface area contributed by atoms with Crippen molar-refractivity contribution >= 4 is 15.9 Å². The van der Waals surface area contributed by atoms with Gasteiger partial charge in [0.25, 0.3) is 0 Å². The summed E-state index contributed by atoms with van der Waals surface area (Å²) < 4.78 is 32.3. The maximum Gasteiger partial charge on any atom is 0.411 e. The first-order valence-electron chi connectivity index (χ1n) is 10.3. The minimum atomic E-state index is -3.73. The average molecular weight is 416 g/mol. The van der Waals surface area contributed by atoms with Gasteiger partial charge in [-0.15, -0.1) is 0 Å². The monoisotopic (exact) mass is 415 g/mol. The minimum absolute atomic E-state index is 0.166. The van der Waals surface area contributed by atoms with Crippen LogP contribution in [0.25, 0.3) is 0 Å². The summed E-state index contributed by atoms with van der Waals surface area (Å²) in [6.45, 7) is 2.31. The average Bonchev–Trinajstić information content (AvgIpc) is 3.13. The third kappa shape index (κ3) is 4.99. The number of carbonyl (C=O) groups is 1. The lowest BCUT2D eigenvalue weighted by Crippen LogP contribution is -2.43. The van der Waals surface area contributed by atoms with Crippen LogP contribution in [0.1, 0.15) is 57.1 Å². The number of carbonyl (C=O) groups excluding carboxylic acids is 1. The Morgan fingerprint density at radius 1 is 0.966 bits per heavy atom. The van der Waals surface area contributed by atoms with Crippen LogP contribution < -0.4 is 0 Å². The molecule has 1 saturated heterocycles. The summed E-state index contributed by atoms with van der Waals surface area (Å²) in [6, 6.07) is 17.5. The van der Waals surface area contributed by atoms with Crippen molar-refractivity contribution in [3.05, 3.63) is 66.2 Å². The van der Waals surface area contributed by atoms with E-state index in [1.165, 1.54) is 4.90 Å². The maximum atomic E-state index is 13.5. The van der Waals surface area contributed by atoms with Crippen LogP contribution in [0.2, 0.25) is 0 Å². The first-order chi connectivity index (χ1) is 14.1. The van der Waals surface area contributed by atoms with Crippen molar-refractivity contribution in [3.63, 3.8) is 0 Å². The highest BCUT2D eigenvalue weighted by Crippen LogP contribution is 2.35. The van der Waals surface area contributed by atoms with Crippen LogP contribution in [0.5, 0.6) is 0 Å². The zero-order chi connectivity index (χ0) is 20.7. The third-order valence-electron chi connectivity index (χ3n) is 5.39. The summed E-state index contributed by atoms with van der Waals surface area (Å²) in [5.41, 5.74) is 0.887. The van der Waals surface area contributed by atoms with Crippen LogP contribution in [0, 0.1) is 0 Å². The zero-order valence-electron chi connectivity index (χ0n) is 16.9. The molecule has 0 aromatic heterocycles. The lowest BCUT2D eigenvalue weighted by atomic mass is 10.1. The molecule has 1 heterocycles. The first kappa shape index (κ1) is 21.4. The number of benzene rings is 2. The van der Waals surface area contributed by atoms with Crippen LogP contribution in [0.3, 0.4) is 0 Å². The van der Waals surface area contributed by atoms with Crippen LogP contribution in [0.15, 0.2) is 65.6 Å². The van der Waals surface area contributed by atoms with Gasteiger partial charge in [0.2, 0.25) is 0 Å². The molecule has 5 nitrogen and oxygen atoms in total. The highest BCUT2D eigenvalue weighted by molar-refractivity contribution is 7.92. The van der Waals surface area contributed by atoms with Crippen molar-refractivity contribution in [2.75, 3.05) is 6.61 Å². The number of hydrogen-bond donors (Lipinski definition) is 0. The lowest BCUT2D eigenvalue weighted by molar-refractivity contribution is 0.152. The number of unbranched alkanes of at least 4 members (excludes halogenated alkanes) is 4. The normalized spacial score (nSPS) is 17.9. The topological polar surface area (TPSA) is 63.7 Å². The molecular formula is C23H29NO4S. The van der Waals surface area contributed by atoms with Gasteiger partial charge in [0.15, 0.2) is 9.84 Å². The Morgan fingerprint density at radius 2 is 1.59 bits per heavy atom. The Bertz CT molecular complexity index is 884. The Balaban J connectivity index is 1.91. The van der Waals surface area contributed by atoms with E-state index in [1.54, 1.807) is 30.3 Å². The smallest absolute Gasteiger partial charge is 0.411 e. The molecule has 1 aliphatic rings. The van der Waals surface area contributed by atoms with E-state index in [0.717, 1.165) is 37.7 Å². The molecule has 156 valence electrons. The SMILES string of the molecule is CCCCCCC[C@@H](N1C(=O)OC[C@H]1c1ccccc1)S(=O)(=O)c1ccccc1. The fourth-order valence-corrected chi connectivity index (χ4v) is 5.68. The molecule has 0 spiro atoms. The van der Waals surface area contributed by atoms with Crippen LogP contribution in [-0.4, -0.2) is 31.4 Å². The summed E-state index contributed by atoms with van der Waals surface area (Å²) >= 11 is 0. The van der Waals surface area contributed by atoms with Gasteiger partial charge in [-0.1, -0.05) is 87.6 Å². The van der Waals surface area contributed by atoms with Gasteiger partial charge < -0.3 is 4.74 Å². The summed E-state index contributed by atoms with van der Waals surface area (Å²) in [5, 5.41) is -0.938. The van der Waals surface area contributed by atoms with Crippen molar-refractivity contribution in [3.8, 4) is 0 Å². The van der Waals surface area contributed by atoms with E-state index >= 15 is 0 Å². The molecule has 2 aromatic rings. The van der Waals surface area contributed by atoms with Crippen LogP contribution >= 0.6 is 0 Å². The quantitative estimate of drug-likeness (QED) is 0.491.